The third-order valence-corrected chi connectivity index (χ3v) is 8.11. The Balaban J connectivity index is 1.77. The smallest absolute Gasteiger partial charge is 0.338 e. The van der Waals surface area contributed by atoms with Crippen LogP contribution in [0.1, 0.15) is 61.0 Å². The molecule has 34 heavy (non-hydrogen) atoms. The van der Waals surface area contributed by atoms with Gasteiger partial charge in [-0.15, -0.1) is 0 Å². The molecule has 2 bridgehead atoms. The SMILES string of the molecule is CCOC(=O)c1ccc(C2=C(c3ccccc3)[C@]34CCCC[C@H]3[C@@]2(N(C)C)C=C4OCC)cc1. The minimum atomic E-state index is -0.271. The molecule has 0 spiro atoms. The number of nitrogens with zero attached hydrogens (tertiary/aromatic N) is 1. The van der Waals surface area contributed by atoms with Crippen molar-refractivity contribution >= 4 is 17.1 Å². The molecule has 0 radical (unpaired) electrons. The summed E-state index contributed by atoms with van der Waals surface area (Å²) in [6.45, 7) is 4.98. The van der Waals surface area contributed by atoms with Gasteiger partial charge < -0.3 is 9.47 Å². The third-order valence-electron chi connectivity index (χ3n) is 8.11. The van der Waals surface area contributed by atoms with Crippen molar-refractivity contribution in [1.82, 2.24) is 4.90 Å². The zero-order valence-corrected chi connectivity index (χ0v) is 20.8. The Morgan fingerprint density at radius 2 is 1.65 bits per heavy atom. The maximum absolute atomic E-state index is 12.3. The van der Waals surface area contributed by atoms with E-state index in [9.17, 15) is 4.79 Å². The molecule has 0 aromatic heterocycles. The van der Waals surface area contributed by atoms with Crippen molar-refractivity contribution in [3.05, 3.63) is 83.1 Å². The molecule has 0 heterocycles. The predicted octanol–water partition coefficient (Wildman–Crippen LogP) is 6.20. The van der Waals surface area contributed by atoms with Crippen LogP contribution in [-0.4, -0.2) is 43.7 Å². The summed E-state index contributed by atoms with van der Waals surface area (Å²) in [6, 6.07) is 18.9. The average molecular weight is 458 g/mol. The van der Waals surface area contributed by atoms with Crippen molar-refractivity contribution in [3.63, 3.8) is 0 Å². The van der Waals surface area contributed by atoms with E-state index < -0.39 is 0 Å². The maximum Gasteiger partial charge on any atom is 0.338 e. The highest BCUT2D eigenvalue weighted by molar-refractivity contribution is 6.05. The summed E-state index contributed by atoms with van der Waals surface area (Å²) in [5, 5.41) is 0. The van der Waals surface area contributed by atoms with E-state index in [1.165, 1.54) is 41.5 Å². The van der Waals surface area contributed by atoms with E-state index >= 15 is 0 Å². The zero-order chi connectivity index (χ0) is 23.9. The largest absolute Gasteiger partial charge is 0.498 e. The average Bonchev–Trinajstić information content (AvgIpc) is 3.30. The number of likely N-dealkylation sites (N-methyl/N-ethyl adjacent to an activating group) is 1. The van der Waals surface area contributed by atoms with Gasteiger partial charge in [0, 0.05) is 5.92 Å². The molecule has 3 aliphatic rings. The first kappa shape index (κ1) is 22.9. The Labute approximate surface area is 203 Å². The van der Waals surface area contributed by atoms with Crippen LogP contribution in [0.15, 0.2) is 66.4 Å². The number of carbonyl (C=O) groups is 1. The number of carbonyl (C=O) groups excluding carboxylic acids is 1. The third kappa shape index (κ3) is 3.11. The summed E-state index contributed by atoms with van der Waals surface area (Å²) in [5.74, 6) is 1.31. The second kappa shape index (κ2) is 8.74. The van der Waals surface area contributed by atoms with E-state index in [0.717, 1.165) is 12.2 Å². The van der Waals surface area contributed by atoms with Crippen molar-refractivity contribution in [2.24, 2.45) is 11.3 Å². The number of hydrogen-bond acceptors (Lipinski definition) is 4. The first-order valence-corrected chi connectivity index (χ1v) is 12.6. The first-order valence-electron chi connectivity index (χ1n) is 12.6. The van der Waals surface area contributed by atoms with E-state index in [1.54, 1.807) is 0 Å². The van der Waals surface area contributed by atoms with Gasteiger partial charge in [-0.2, -0.15) is 0 Å². The number of benzene rings is 2. The van der Waals surface area contributed by atoms with Crippen LogP contribution in [0.25, 0.3) is 11.1 Å². The molecule has 0 aliphatic heterocycles. The molecule has 4 nitrogen and oxygen atoms in total. The van der Waals surface area contributed by atoms with Gasteiger partial charge in [0.2, 0.25) is 0 Å². The Bertz CT molecular complexity index is 1130. The fourth-order valence-corrected chi connectivity index (χ4v) is 6.94. The second-order valence-corrected chi connectivity index (χ2v) is 9.84. The number of allylic oxidation sites excluding steroid dienone is 1. The van der Waals surface area contributed by atoms with Gasteiger partial charge in [-0.05, 0) is 81.3 Å². The Hall–Kier alpha value is -2.85. The lowest BCUT2D eigenvalue weighted by Crippen LogP contribution is -2.48. The van der Waals surface area contributed by atoms with Crippen LogP contribution in [0.3, 0.4) is 0 Å². The predicted molar refractivity (Wildman–Crippen MR) is 136 cm³/mol. The normalized spacial score (nSPS) is 27.6. The lowest BCUT2D eigenvalue weighted by molar-refractivity contribution is 0.0526. The van der Waals surface area contributed by atoms with Crippen molar-refractivity contribution in [2.75, 3.05) is 27.3 Å². The molecule has 4 heteroatoms. The maximum atomic E-state index is 12.3. The first-order chi connectivity index (χ1) is 16.5. The Morgan fingerprint density at radius 3 is 2.29 bits per heavy atom. The minimum Gasteiger partial charge on any atom is -0.498 e. The molecule has 0 N–H and O–H groups in total. The van der Waals surface area contributed by atoms with Gasteiger partial charge in [0.05, 0.1) is 29.7 Å². The lowest BCUT2D eigenvalue weighted by atomic mass is 9.63. The van der Waals surface area contributed by atoms with Gasteiger partial charge in [0.1, 0.15) is 5.76 Å². The number of esters is 1. The topological polar surface area (TPSA) is 38.8 Å². The molecule has 3 aliphatic carbocycles. The molecule has 2 aromatic carbocycles. The molecule has 5 rings (SSSR count). The van der Waals surface area contributed by atoms with Crippen LogP contribution in [0.5, 0.6) is 0 Å². The summed E-state index contributed by atoms with van der Waals surface area (Å²) >= 11 is 0. The molecule has 2 aromatic rings. The number of hydrogen-bond donors (Lipinski definition) is 0. The van der Waals surface area contributed by atoms with E-state index in [4.69, 9.17) is 9.47 Å². The Kier molecular flexibility index (Phi) is 5.89. The van der Waals surface area contributed by atoms with E-state index in [-0.39, 0.29) is 16.9 Å². The summed E-state index contributed by atoms with van der Waals surface area (Å²) in [7, 11) is 4.40. The fraction of sp³-hybridized carbons (Fsp3) is 0.433. The van der Waals surface area contributed by atoms with Crippen LogP contribution >= 0.6 is 0 Å². The highest BCUT2D eigenvalue weighted by Gasteiger charge is 2.69. The summed E-state index contributed by atoms with van der Waals surface area (Å²) < 4.78 is 11.6. The molecule has 0 amide bonds. The standard InChI is InChI=1S/C30H35NO3/c1-5-33-25-20-30(31(3)4)24-14-10-11-19-29(24,25)26(21-12-8-7-9-13-21)27(30)22-15-17-23(18-16-22)28(32)34-6-2/h7-9,12-13,15-18,20,24H,5-6,10-11,14,19H2,1-4H3/t24-,29-,30+/m1/s1. The summed E-state index contributed by atoms with van der Waals surface area (Å²) in [4.78, 5) is 14.7. The van der Waals surface area contributed by atoms with Crippen molar-refractivity contribution in [3.8, 4) is 0 Å². The van der Waals surface area contributed by atoms with E-state index in [1.807, 2.05) is 19.1 Å². The van der Waals surface area contributed by atoms with Gasteiger partial charge in [-0.1, -0.05) is 55.3 Å². The van der Waals surface area contributed by atoms with Crippen LogP contribution in [0.2, 0.25) is 0 Å². The molecular weight excluding hydrogens is 422 g/mol. The van der Waals surface area contributed by atoms with Gasteiger partial charge in [-0.25, -0.2) is 4.79 Å². The zero-order valence-electron chi connectivity index (χ0n) is 20.8. The number of rotatable bonds is 7. The molecule has 3 atom stereocenters. The molecule has 178 valence electrons. The molecule has 0 saturated heterocycles. The molecule has 1 fully saturated rings. The van der Waals surface area contributed by atoms with Crippen molar-refractivity contribution in [2.45, 2.75) is 45.1 Å². The second-order valence-electron chi connectivity index (χ2n) is 9.84. The van der Waals surface area contributed by atoms with Crippen LogP contribution in [0, 0.1) is 11.3 Å². The highest BCUT2D eigenvalue weighted by atomic mass is 16.5. The van der Waals surface area contributed by atoms with Crippen molar-refractivity contribution < 1.29 is 14.3 Å². The quantitative estimate of drug-likeness (QED) is 0.464. The molecule has 1 saturated carbocycles. The van der Waals surface area contributed by atoms with E-state index in [2.05, 4.69) is 74.5 Å². The van der Waals surface area contributed by atoms with Gasteiger partial charge in [-0.3, -0.25) is 4.90 Å². The summed E-state index contributed by atoms with van der Waals surface area (Å²) in [6.07, 6.45) is 7.15. The van der Waals surface area contributed by atoms with Gasteiger partial charge in [0.15, 0.2) is 0 Å². The summed E-state index contributed by atoms with van der Waals surface area (Å²) in [5.41, 5.74) is 5.43. The van der Waals surface area contributed by atoms with Gasteiger partial charge in [0.25, 0.3) is 0 Å². The minimum absolute atomic E-state index is 0.116. The lowest BCUT2D eigenvalue weighted by Gasteiger charge is -2.44. The van der Waals surface area contributed by atoms with Crippen LogP contribution < -0.4 is 0 Å². The monoisotopic (exact) mass is 457 g/mol. The van der Waals surface area contributed by atoms with Crippen LogP contribution in [0.4, 0.5) is 0 Å². The van der Waals surface area contributed by atoms with E-state index in [0.29, 0.717) is 24.7 Å². The molecule has 0 unspecified atom stereocenters. The number of ether oxygens (including phenoxy) is 2. The molecular formula is C30H35NO3. The fourth-order valence-electron chi connectivity index (χ4n) is 6.94. The van der Waals surface area contributed by atoms with Crippen LogP contribution in [-0.2, 0) is 9.47 Å². The van der Waals surface area contributed by atoms with Crippen molar-refractivity contribution in [1.29, 1.82) is 0 Å². The van der Waals surface area contributed by atoms with Gasteiger partial charge >= 0.3 is 5.97 Å². The highest BCUT2D eigenvalue weighted by Crippen LogP contribution is 2.73. The Morgan fingerprint density at radius 1 is 0.941 bits per heavy atom.